The van der Waals surface area contributed by atoms with E-state index in [1.807, 2.05) is 4.98 Å². The van der Waals surface area contributed by atoms with Gasteiger partial charge in [-0.15, -0.1) is 0 Å². The van der Waals surface area contributed by atoms with E-state index in [9.17, 15) is 36.7 Å². The average molecular weight is 537 g/mol. The number of carboxylic acid groups (broad SMARTS) is 1. The third-order valence-electron chi connectivity index (χ3n) is 6.66. The quantitative estimate of drug-likeness (QED) is 0.344. The fourth-order valence-corrected chi connectivity index (χ4v) is 5.94. The fourth-order valence-electron chi connectivity index (χ4n) is 4.81. The highest BCUT2D eigenvalue weighted by Gasteiger charge is 2.27. The first-order valence-electron chi connectivity index (χ1n) is 11.7. The largest absolute Gasteiger partial charge is 0.465 e. The van der Waals surface area contributed by atoms with Crippen LogP contribution in [0.1, 0.15) is 44.6 Å². The van der Waals surface area contributed by atoms with Crippen molar-refractivity contribution in [2.45, 2.75) is 56.5 Å². The maximum atomic E-state index is 14.6. The Labute approximate surface area is 210 Å². The van der Waals surface area contributed by atoms with E-state index < -0.39 is 60.8 Å². The van der Waals surface area contributed by atoms with Crippen LogP contribution >= 0.6 is 0 Å². The highest BCUT2D eigenvalue weighted by atomic mass is 32.2. The van der Waals surface area contributed by atoms with E-state index in [1.54, 1.807) is 6.92 Å². The molecule has 0 radical (unpaired) electrons. The lowest BCUT2D eigenvalue weighted by Crippen LogP contribution is -2.38. The van der Waals surface area contributed by atoms with Gasteiger partial charge in [-0.2, -0.15) is 0 Å². The number of amides is 1. The van der Waals surface area contributed by atoms with Crippen molar-refractivity contribution in [1.82, 2.24) is 14.9 Å². The zero-order valence-corrected chi connectivity index (χ0v) is 20.7. The molecule has 1 fully saturated rings. The van der Waals surface area contributed by atoms with Gasteiger partial charge in [-0.3, -0.25) is 14.5 Å². The minimum Gasteiger partial charge on any atom is -0.465 e. The van der Waals surface area contributed by atoms with E-state index in [2.05, 4.69) is 9.71 Å². The number of anilines is 1. The van der Waals surface area contributed by atoms with Crippen LogP contribution in [0.25, 0.3) is 10.9 Å². The minimum absolute atomic E-state index is 0.0627. The van der Waals surface area contributed by atoms with Gasteiger partial charge in [0.1, 0.15) is 11.6 Å². The standard InChI is InChI=1S/C24H26F2N4O6S/c1-13(8-14-4-2-3-5-14)30(24(33)34)12-15-9-16(25)6-7-20(15)29-37(35,36)17-10-18-21(19(26)11-17)27-23(32)28-22(18)31/h6-7,9-11,13-14,29H,2-5,8,12H2,1H3,(H,33,34)(H2,27,28,31,32)/t13-/m0/s1. The zero-order chi connectivity index (χ0) is 26.9. The first-order chi connectivity index (χ1) is 17.4. The van der Waals surface area contributed by atoms with Crippen molar-refractivity contribution >= 4 is 32.7 Å². The highest BCUT2D eigenvalue weighted by molar-refractivity contribution is 7.92. The molecule has 0 bridgehead atoms. The summed E-state index contributed by atoms with van der Waals surface area (Å²) in [7, 11) is -4.51. The first-order valence-corrected chi connectivity index (χ1v) is 13.2. The second kappa shape index (κ2) is 10.3. The third-order valence-corrected chi connectivity index (χ3v) is 8.01. The van der Waals surface area contributed by atoms with Crippen LogP contribution in [0, 0.1) is 17.6 Å². The van der Waals surface area contributed by atoms with Gasteiger partial charge < -0.3 is 15.0 Å². The lowest BCUT2D eigenvalue weighted by molar-refractivity contribution is 0.117. The van der Waals surface area contributed by atoms with Gasteiger partial charge in [0.15, 0.2) is 0 Å². The third kappa shape index (κ3) is 5.82. The number of H-pyrrole nitrogens is 2. The summed E-state index contributed by atoms with van der Waals surface area (Å²) < 4.78 is 57.2. The maximum absolute atomic E-state index is 14.6. The molecule has 0 unspecified atom stereocenters. The minimum atomic E-state index is -4.51. The molecule has 1 aliphatic rings. The molecule has 0 aliphatic heterocycles. The summed E-state index contributed by atoms with van der Waals surface area (Å²) in [5.74, 6) is -1.44. The molecule has 3 aromatic rings. The summed E-state index contributed by atoms with van der Waals surface area (Å²) in [5.41, 5.74) is -2.43. The fraction of sp³-hybridized carbons (Fsp3) is 0.375. The van der Waals surface area contributed by atoms with E-state index in [1.165, 1.54) is 0 Å². The lowest BCUT2D eigenvalue weighted by Gasteiger charge is -2.29. The summed E-state index contributed by atoms with van der Waals surface area (Å²) in [6.45, 7) is 1.47. The summed E-state index contributed by atoms with van der Waals surface area (Å²) in [4.78, 5) is 40.1. The van der Waals surface area contributed by atoms with Crippen LogP contribution in [0.3, 0.4) is 0 Å². The molecule has 1 heterocycles. The summed E-state index contributed by atoms with van der Waals surface area (Å²) in [5, 5.41) is 9.43. The van der Waals surface area contributed by atoms with E-state index in [0.717, 1.165) is 54.8 Å². The number of nitrogens with zero attached hydrogens (tertiary/aromatic N) is 1. The van der Waals surface area contributed by atoms with Crippen LogP contribution < -0.4 is 16.0 Å². The molecule has 1 atom stereocenters. The number of nitrogens with one attached hydrogen (secondary N) is 3. The number of sulfonamides is 1. The maximum Gasteiger partial charge on any atom is 0.407 e. The van der Waals surface area contributed by atoms with Crippen molar-refractivity contribution in [3.8, 4) is 0 Å². The Morgan fingerprint density at radius 1 is 1.16 bits per heavy atom. The molecule has 10 nitrogen and oxygen atoms in total. The number of benzene rings is 2. The monoisotopic (exact) mass is 536 g/mol. The van der Waals surface area contributed by atoms with Crippen molar-refractivity contribution < 1.29 is 27.1 Å². The van der Waals surface area contributed by atoms with E-state index in [4.69, 9.17) is 0 Å². The van der Waals surface area contributed by atoms with Gasteiger partial charge in [0.05, 0.1) is 28.0 Å². The predicted molar refractivity (Wildman–Crippen MR) is 132 cm³/mol. The van der Waals surface area contributed by atoms with Crippen LogP contribution in [0.2, 0.25) is 0 Å². The molecule has 1 amide bonds. The van der Waals surface area contributed by atoms with Gasteiger partial charge >= 0.3 is 11.8 Å². The second-order valence-electron chi connectivity index (χ2n) is 9.29. The lowest BCUT2D eigenvalue weighted by atomic mass is 9.98. The number of halogens is 2. The van der Waals surface area contributed by atoms with Crippen molar-refractivity contribution in [3.63, 3.8) is 0 Å². The molecule has 4 rings (SSSR count). The van der Waals surface area contributed by atoms with E-state index >= 15 is 0 Å². The van der Waals surface area contributed by atoms with Crippen molar-refractivity contribution in [1.29, 1.82) is 0 Å². The number of aromatic amines is 2. The summed E-state index contributed by atoms with van der Waals surface area (Å²) in [6.07, 6.45) is 3.63. The number of hydrogen-bond acceptors (Lipinski definition) is 5. The molecule has 1 aromatic heterocycles. The molecule has 0 saturated heterocycles. The molecule has 198 valence electrons. The molecule has 4 N–H and O–H groups in total. The molecule has 13 heteroatoms. The molecule has 1 aliphatic carbocycles. The topological polar surface area (TPSA) is 152 Å². The number of rotatable bonds is 8. The van der Waals surface area contributed by atoms with Crippen molar-refractivity contribution in [3.05, 3.63) is 68.4 Å². The van der Waals surface area contributed by atoms with E-state index in [0.29, 0.717) is 18.4 Å². The van der Waals surface area contributed by atoms with Gasteiger partial charge in [-0.1, -0.05) is 25.7 Å². The van der Waals surface area contributed by atoms with Gasteiger partial charge in [-0.25, -0.2) is 26.8 Å². The predicted octanol–water partition coefficient (Wildman–Crippen LogP) is 3.74. The normalized spacial score (nSPS) is 15.1. The van der Waals surface area contributed by atoms with Crippen molar-refractivity contribution in [2.24, 2.45) is 5.92 Å². The molecular weight excluding hydrogens is 510 g/mol. The SMILES string of the molecule is C[C@@H](CC1CCCC1)N(Cc1cc(F)ccc1NS(=O)(=O)c1cc(F)c2[nH]c(=O)[nH]c(=O)c2c1)C(=O)O. The Morgan fingerprint density at radius 2 is 1.86 bits per heavy atom. The average Bonchev–Trinajstić information content (AvgIpc) is 3.32. The van der Waals surface area contributed by atoms with E-state index in [-0.39, 0.29) is 17.8 Å². The summed E-state index contributed by atoms with van der Waals surface area (Å²) in [6, 6.07) is 4.32. The summed E-state index contributed by atoms with van der Waals surface area (Å²) >= 11 is 0. The number of carbonyl (C=O) groups is 1. The number of hydrogen-bond donors (Lipinski definition) is 4. The van der Waals surface area contributed by atoms with Crippen LogP contribution in [0.15, 0.2) is 44.8 Å². The molecule has 0 spiro atoms. The Hall–Kier alpha value is -3.74. The van der Waals surface area contributed by atoms with Crippen LogP contribution in [0.5, 0.6) is 0 Å². The van der Waals surface area contributed by atoms with Crippen LogP contribution in [-0.4, -0.2) is 40.5 Å². The zero-order valence-electron chi connectivity index (χ0n) is 19.9. The Balaban J connectivity index is 1.66. The highest BCUT2D eigenvalue weighted by Crippen LogP contribution is 2.31. The van der Waals surface area contributed by atoms with Gasteiger partial charge in [0.2, 0.25) is 0 Å². The molecular formula is C24H26F2N4O6S. The van der Waals surface area contributed by atoms with Gasteiger partial charge in [0, 0.05) is 6.04 Å². The van der Waals surface area contributed by atoms with Crippen LogP contribution in [0.4, 0.5) is 19.3 Å². The first kappa shape index (κ1) is 26.3. The molecule has 1 saturated carbocycles. The second-order valence-corrected chi connectivity index (χ2v) is 11.0. The van der Waals surface area contributed by atoms with Gasteiger partial charge in [-0.05, 0) is 55.2 Å². The Kier molecular flexibility index (Phi) is 7.35. The number of aromatic nitrogens is 2. The van der Waals surface area contributed by atoms with Gasteiger partial charge in [0.25, 0.3) is 15.6 Å². The smallest absolute Gasteiger partial charge is 0.407 e. The molecule has 37 heavy (non-hydrogen) atoms. The van der Waals surface area contributed by atoms with Crippen molar-refractivity contribution in [2.75, 3.05) is 4.72 Å². The van der Waals surface area contributed by atoms with Crippen LogP contribution in [-0.2, 0) is 16.6 Å². The molecule has 2 aromatic carbocycles. The Bertz CT molecular complexity index is 1560. The Morgan fingerprint density at radius 3 is 2.54 bits per heavy atom. The number of fused-ring (bicyclic) bond motifs is 1.